The van der Waals surface area contributed by atoms with Gasteiger partial charge in [0.25, 0.3) is 11.6 Å². The average molecular weight is 358 g/mol. The Balaban J connectivity index is 2.04. The fraction of sp³-hybridized carbons (Fsp3) is 0.176. The maximum absolute atomic E-state index is 12.2. The molecule has 2 N–H and O–H groups in total. The summed E-state index contributed by atoms with van der Waals surface area (Å²) >= 11 is 5.12. The van der Waals surface area contributed by atoms with Crippen molar-refractivity contribution in [1.29, 1.82) is 0 Å². The number of nitro benzene ring substituents is 1. The molecule has 0 atom stereocenters. The second kappa shape index (κ2) is 7.71. The van der Waals surface area contributed by atoms with Gasteiger partial charge < -0.3 is 10.2 Å². The van der Waals surface area contributed by atoms with Crippen LogP contribution < -0.4 is 15.5 Å². The number of anilines is 2. The Morgan fingerprint density at radius 2 is 1.80 bits per heavy atom. The van der Waals surface area contributed by atoms with Crippen LogP contribution in [-0.2, 0) is 0 Å². The molecule has 0 saturated heterocycles. The summed E-state index contributed by atoms with van der Waals surface area (Å²) in [6.07, 6.45) is 0. The molecular formula is C17H18N4O3S. The molecule has 0 aliphatic carbocycles. The molecule has 0 spiro atoms. The normalized spacial score (nSPS) is 10.0. The van der Waals surface area contributed by atoms with Crippen molar-refractivity contribution in [3.8, 4) is 0 Å². The fourth-order valence-corrected chi connectivity index (χ4v) is 2.34. The zero-order valence-electron chi connectivity index (χ0n) is 14.1. The molecule has 0 bridgehead atoms. The second-order valence-electron chi connectivity index (χ2n) is 5.61. The molecule has 0 unspecified atom stereocenters. The smallest absolute Gasteiger partial charge is 0.273 e. The maximum atomic E-state index is 12.2. The topological polar surface area (TPSA) is 87.5 Å². The third kappa shape index (κ3) is 4.74. The van der Waals surface area contributed by atoms with Crippen LogP contribution in [0.5, 0.6) is 0 Å². The minimum Gasteiger partial charge on any atom is -0.378 e. The molecule has 8 heteroatoms. The van der Waals surface area contributed by atoms with E-state index in [2.05, 4.69) is 10.6 Å². The number of benzene rings is 2. The summed E-state index contributed by atoms with van der Waals surface area (Å²) in [7, 11) is 3.88. The van der Waals surface area contributed by atoms with Gasteiger partial charge in [0.15, 0.2) is 5.11 Å². The molecule has 0 fully saturated rings. The van der Waals surface area contributed by atoms with E-state index in [-0.39, 0.29) is 16.4 Å². The molecule has 0 saturated carbocycles. The summed E-state index contributed by atoms with van der Waals surface area (Å²) in [5.41, 5.74) is 2.32. The fourth-order valence-electron chi connectivity index (χ4n) is 2.13. The van der Waals surface area contributed by atoms with Crippen LogP contribution in [0.1, 0.15) is 15.9 Å². The maximum Gasteiger partial charge on any atom is 0.273 e. The molecule has 25 heavy (non-hydrogen) atoms. The first-order valence-electron chi connectivity index (χ1n) is 7.42. The van der Waals surface area contributed by atoms with Gasteiger partial charge in [-0.2, -0.15) is 0 Å². The second-order valence-corrected chi connectivity index (χ2v) is 6.02. The van der Waals surface area contributed by atoms with E-state index in [1.54, 1.807) is 6.92 Å². The van der Waals surface area contributed by atoms with E-state index < -0.39 is 10.8 Å². The minimum atomic E-state index is -0.519. The quantitative estimate of drug-likeness (QED) is 0.496. The van der Waals surface area contributed by atoms with Crippen LogP contribution in [-0.4, -0.2) is 30.0 Å². The number of aryl methyl sites for hydroxylation is 1. The van der Waals surface area contributed by atoms with E-state index in [1.165, 1.54) is 18.2 Å². The van der Waals surface area contributed by atoms with Crippen LogP contribution in [0.3, 0.4) is 0 Å². The number of nitrogens with one attached hydrogen (secondary N) is 2. The van der Waals surface area contributed by atoms with Gasteiger partial charge in [-0.3, -0.25) is 20.2 Å². The third-order valence-corrected chi connectivity index (χ3v) is 3.74. The molecular weight excluding hydrogens is 340 g/mol. The summed E-state index contributed by atoms with van der Waals surface area (Å²) in [6, 6.07) is 11.8. The minimum absolute atomic E-state index is 0.106. The largest absolute Gasteiger partial charge is 0.378 e. The highest BCUT2D eigenvalue weighted by Crippen LogP contribution is 2.19. The van der Waals surface area contributed by atoms with Crippen molar-refractivity contribution in [2.45, 2.75) is 6.92 Å². The average Bonchev–Trinajstić information content (AvgIpc) is 2.55. The lowest BCUT2D eigenvalue weighted by molar-refractivity contribution is -0.385. The van der Waals surface area contributed by atoms with Crippen molar-refractivity contribution in [3.05, 3.63) is 63.7 Å². The monoisotopic (exact) mass is 358 g/mol. The van der Waals surface area contributed by atoms with Crippen molar-refractivity contribution in [2.75, 3.05) is 24.3 Å². The Bertz CT molecular complexity index is 819. The van der Waals surface area contributed by atoms with E-state index in [0.29, 0.717) is 5.56 Å². The van der Waals surface area contributed by atoms with Gasteiger partial charge in [-0.25, -0.2) is 0 Å². The Labute approximate surface area is 150 Å². The van der Waals surface area contributed by atoms with E-state index in [4.69, 9.17) is 12.2 Å². The number of carbonyl (C=O) groups excluding carboxylic acids is 1. The van der Waals surface area contributed by atoms with Crippen molar-refractivity contribution in [3.63, 3.8) is 0 Å². The molecule has 1 amide bonds. The summed E-state index contributed by atoms with van der Waals surface area (Å²) < 4.78 is 0. The predicted octanol–water partition coefficient (Wildman–Crippen LogP) is 3.10. The highest BCUT2D eigenvalue weighted by Gasteiger charge is 2.15. The first-order valence-corrected chi connectivity index (χ1v) is 7.83. The lowest BCUT2D eigenvalue weighted by Crippen LogP contribution is -2.34. The number of rotatable bonds is 4. The Hall–Kier alpha value is -3.00. The summed E-state index contributed by atoms with van der Waals surface area (Å²) in [6.45, 7) is 1.61. The van der Waals surface area contributed by atoms with Crippen molar-refractivity contribution in [1.82, 2.24) is 5.32 Å². The van der Waals surface area contributed by atoms with Gasteiger partial charge >= 0.3 is 0 Å². The number of hydrogen-bond acceptors (Lipinski definition) is 5. The number of carbonyl (C=O) groups is 1. The van der Waals surface area contributed by atoms with Gasteiger partial charge in [0.2, 0.25) is 0 Å². The van der Waals surface area contributed by atoms with Crippen LogP contribution in [0.4, 0.5) is 17.1 Å². The van der Waals surface area contributed by atoms with Crippen LogP contribution in [0.2, 0.25) is 0 Å². The van der Waals surface area contributed by atoms with Crippen LogP contribution in [0.25, 0.3) is 0 Å². The van der Waals surface area contributed by atoms with E-state index in [9.17, 15) is 14.9 Å². The van der Waals surface area contributed by atoms with Gasteiger partial charge in [0.05, 0.1) is 4.92 Å². The molecule has 0 radical (unpaired) electrons. The molecule has 2 aromatic rings. The molecule has 0 aliphatic rings. The van der Waals surface area contributed by atoms with Gasteiger partial charge in [-0.1, -0.05) is 6.07 Å². The Morgan fingerprint density at radius 1 is 1.16 bits per heavy atom. The summed E-state index contributed by atoms with van der Waals surface area (Å²) in [5.74, 6) is -0.509. The highest BCUT2D eigenvalue weighted by molar-refractivity contribution is 7.80. The van der Waals surface area contributed by atoms with Gasteiger partial charge in [-0.15, -0.1) is 0 Å². The van der Waals surface area contributed by atoms with E-state index in [0.717, 1.165) is 11.4 Å². The molecule has 0 heterocycles. The standard InChI is InChI=1S/C17H18N4O3S/c1-11-4-5-12(10-15(11)21(23)24)16(22)19-17(25)18-13-6-8-14(9-7-13)20(2)3/h4-10H,1-3H3,(H2,18,19,22,25). The zero-order chi connectivity index (χ0) is 18.6. The van der Waals surface area contributed by atoms with Crippen LogP contribution in [0, 0.1) is 17.0 Å². The molecule has 130 valence electrons. The number of nitro groups is 1. The SMILES string of the molecule is Cc1ccc(C(=O)NC(=S)Nc2ccc(N(C)C)cc2)cc1[N+](=O)[O-]. The summed E-state index contributed by atoms with van der Waals surface area (Å²) in [4.78, 5) is 24.6. The summed E-state index contributed by atoms with van der Waals surface area (Å²) in [5, 5.41) is 16.5. The molecule has 7 nitrogen and oxygen atoms in total. The van der Waals surface area contributed by atoms with Crippen molar-refractivity contribution < 1.29 is 9.72 Å². The van der Waals surface area contributed by atoms with Crippen molar-refractivity contribution in [2.24, 2.45) is 0 Å². The van der Waals surface area contributed by atoms with Crippen LogP contribution >= 0.6 is 12.2 Å². The first-order chi connectivity index (χ1) is 11.8. The number of thiocarbonyl (C=S) groups is 1. The zero-order valence-corrected chi connectivity index (χ0v) is 14.9. The lowest BCUT2D eigenvalue weighted by atomic mass is 10.1. The van der Waals surface area contributed by atoms with Gasteiger partial charge in [0, 0.05) is 42.7 Å². The predicted molar refractivity (Wildman–Crippen MR) is 102 cm³/mol. The lowest BCUT2D eigenvalue weighted by Gasteiger charge is -2.14. The molecule has 2 rings (SSSR count). The van der Waals surface area contributed by atoms with Gasteiger partial charge in [-0.05, 0) is 49.5 Å². The number of amides is 1. The van der Waals surface area contributed by atoms with Crippen LogP contribution in [0.15, 0.2) is 42.5 Å². The Kier molecular flexibility index (Phi) is 5.66. The molecule has 0 aliphatic heterocycles. The number of hydrogen-bond donors (Lipinski definition) is 2. The van der Waals surface area contributed by atoms with E-state index >= 15 is 0 Å². The van der Waals surface area contributed by atoms with Crippen molar-refractivity contribution >= 4 is 40.3 Å². The van der Waals surface area contributed by atoms with E-state index in [1.807, 2.05) is 43.3 Å². The first kappa shape index (κ1) is 18.3. The number of nitrogens with zero attached hydrogens (tertiary/aromatic N) is 2. The molecule has 2 aromatic carbocycles. The molecule has 0 aromatic heterocycles. The highest BCUT2D eigenvalue weighted by atomic mass is 32.1. The third-order valence-electron chi connectivity index (χ3n) is 3.54. The van der Waals surface area contributed by atoms with Gasteiger partial charge in [0.1, 0.15) is 0 Å². The Morgan fingerprint density at radius 3 is 2.36 bits per heavy atom.